The van der Waals surface area contributed by atoms with Crippen molar-refractivity contribution in [3.05, 3.63) is 75.1 Å². The third kappa shape index (κ3) is 3.99. The Hall–Kier alpha value is -2.83. The highest BCUT2D eigenvalue weighted by Crippen LogP contribution is 2.40. The molecule has 0 radical (unpaired) electrons. The quantitative estimate of drug-likeness (QED) is 0.573. The SMILES string of the molecule is COc1ccc(NC(=O)c2c(NC(=O)c3ccccc3Cl)sc3c2CCC3)cc1. The third-order valence-electron chi connectivity index (χ3n) is 4.84. The van der Waals surface area contributed by atoms with Gasteiger partial charge in [-0.05, 0) is 61.2 Å². The number of halogens is 1. The summed E-state index contributed by atoms with van der Waals surface area (Å²) in [6.45, 7) is 0. The van der Waals surface area contributed by atoms with Gasteiger partial charge >= 0.3 is 0 Å². The number of hydrogen-bond acceptors (Lipinski definition) is 4. The molecule has 1 aliphatic rings. The number of aryl methyl sites for hydroxylation is 1. The molecule has 7 heteroatoms. The van der Waals surface area contributed by atoms with E-state index in [9.17, 15) is 9.59 Å². The summed E-state index contributed by atoms with van der Waals surface area (Å²) in [5.41, 5.74) is 2.61. The molecular formula is C22H19ClN2O3S. The van der Waals surface area contributed by atoms with Crippen LogP contribution in [0.15, 0.2) is 48.5 Å². The van der Waals surface area contributed by atoms with Gasteiger partial charge in [0.05, 0.1) is 23.3 Å². The van der Waals surface area contributed by atoms with E-state index in [1.165, 1.54) is 11.3 Å². The van der Waals surface area contributed by atoms with Crippen LogP contribution in [-0.2, 0) is 12.8 Å². The molecular weight excluding hydrogens is 408 g/mol. The Labute approximate surface area is 177 Å². The van der Waals surface area contributed by atoms with Crippen molar-refractivity contribution in [2.24, 2.45) is 0 Å². The van der Waals surface area contributed by atoms with Gasteiger partial charge in [0.25, 0.3) is 11.8 Å². The predicted molar refractivity (Wildman–Crippen MR) is 117 cm³/mol. The number of fused-ring (bicyclic) bond motifs is 1. The molecule has 0 aliphatic heterocycles. The van der Waals surface area contributed by atoms with Gasteiger partial charge in [-0.2, -0.15) is 0 Å². The molecule has 0 bridgehead atoms. The highest BCUT2D eigenvalue weighted by Gasteiger charge is 2.28. The van der Waals surface area contributed by atoms with Crippen LogP contribution in [-0.4, -0.2) is 18.9 Å². The maximum absolute atomic E-state index is 13.1. The number of rotatable bonds is 5. The number of nitrogens with one attached hydrogen (secondary N) is 2. The van der Waals surface area contributed by atoms with Gasteiger partial charge in [-0.25, -0.2) is 0 Å². The average Bonchev–Trinajstić information content (AvgIpc) is 3.29. The van der Waals surface area contributed by atoms with Crippen molar-refractivity contribution in [3.8, 4) is 5.75 Å². The van der Waals surface area contributed by atoms with Gasteiger partial charge in [-0.1, -0.05) is 23.7 Å². The van der Waals surface area contributed by atoms with Crippen LogP contribution in [0.2, 0.25) is 5.02 Å². The van der Waals surface area contributed by atoms with Crippen molar-refractivity contribution < 1.29 is 14.3 Å². The number of benzene rings is 2. The summed E-state index contributed by atoms with van der Waals surface area (Å²) < 4.78 is 5.15. The van der Waals surface area contributed by atoms with Crippen molar-refractivity contribution in [1.29, 1.82) is 0 Å². The minimum absolute atomic E-state index is 0.232. The second-order valence-electron chi connectivity index (χ2n) is 6.68. The fraction of sp³-hybridized carbons (Fsp3) is 0.182. The fourth-order valence-electron chi connectivity index (χ4n) is 3.42. The zero-order valence-electron chi connectivity index (χ0n) is 15.8. The third-order valence-corrected chi connectivity index (χ3v) is 6.38. The molecule has 0 spiro atoms. The summed E-state index contributed by atoms with van der Waals surface area (Å²) in [6, 6.07) is 14.0. The first-order valence-electron chi connectivity index (χ1n) is 9.22. The standard InChI is InChI=1S/C22H19ClN2O3S/c1-28-14-11-9-13(10-12-14)24-21(27)19-16-6-4-8-18(16)29-22(19)25-20(26)15-5-2-3-7-17(15)23/h2-3,5,7,9-12H,4,6,8H2,1H3,(H,24,27)(H,25,26). The molecule has 2 amide bonds. The molecule has 5 nitrogen and oxygen atoms in total. The maximum Gasteiger partial charge on any atom is 0.258 e. The van der Waals surface area contributed by atoms with Gasteiger partial charge in [0.1, 0.15) is 10.8 Å². The number of anilines is 2. The Morgan fingerprint density at radius 2 is 1.76 bits per heavy atom. The second kappa shape index (κ2) is 8.27. The van der Waals surface area contributed by atoms with E-state index in [-0.39, 0.29) is 11.8 Å². The summed E-state index contributed by atoms with van der Waals surface area (Å²) in [5, 5.41) is 6.76. The van der Waals surface area contributed by atoms with E-state index in [0.717, 1.165) is 29.7 Å². The minimum Gasteiger partial charge on any atom is -0.497 e. The van der Waals surface area contributed by atoms with E-state index in [1.54, 1.807) is 55.6 Å². The van der Waals surface area contributed by atoms with E-state index in [2.05, 4.69) is 10.6 Å². The molecule has 0 atom stereocenters. The van der Waals surface area contributed by atoms with Crippen LogP contribution >= 0.6 is 22.9 Å². The van der Waals surface area contributed by atoms with Gasteiger partial charge in [-0.3, -0.25) is 9.59 Å². The normalized spacial score (nSPS) is 12.3. The van der Waals surface area contributed by atoms with Gasteiger partial charge in [0, 0.05) is 10.6 Å². The lowest BCUT2D eigenvalue weighted by Crippen LogP contribution is -2.18. The van der Waals surface area contributed by atoms with Gasteiger partial charge in [0.15, 0.2) is 0 Å². The molecule has 4 rings (SSSR count). The number of carbonyl (C=O) groups excluding carboxylic acids is 2. The Morgan fingerprint density at radius 3 is 2.48 bits per heavy atom. The van der Waals surface area contributed by atoms with Crippen molar-refractivity contribution in [2.75, 3.05) is 17.7 Å². The summed E-state index contributed by atoms with van der Waals surface area (Å²) in [6.07, 6.45) is 2.77. The first-order chi connectivity index (χ1) is 14.1. The lowest BCUT2D eigenvalue weighted by Gasteiger charge is -2.10. The number of ether oxygens (including phenoxy) is 1. The van der Waals surface area contributed by atoms with Crippen molar-refractivity contribution in [2.45, 2.75) is 19.3 Å². The lowest BCUT2D eigenvalue weighted by molar-refractivity contribution is 0.102. The maximum atomic E-state index is 13.1. The number of thiophene rings is 1. The fourth-order valence-corrected chi connectivity index (χ4v) is 4.92. The van der Waals surface area contributed by atoms with Crippen LogP contribution < -0.4 is 15.4 Å². The number of carbonyl (C=O) groups is 2. The molecule has 0 unspecified atom stereocenters. The molecule has 0 fully saturated rings. The number of methoxy groups -OCH3 is 1. The molecule has 0 saturated carbocycles. The summed E-state index contributed by atoms with van der Waals surface area (Å²) in [4.78, 5) is 27.0. The summed E-state index contributed by atoms with van der Waals surface area (Å²) in [7, 11) is 1.59. The van der Waals surface area contributed by atoms with Crippen LogP contribution in [0.5, 0.6) is 5.75 Å². The molecule has 1 aliphatic carbocycles. The van der Waals surface area contributed by atoms with Gasteiger partial charge in [0.2, 0.25) is 0 Å². The zero-order chi connectivity index (χ0) is 20.4. The zero-order valence-corrected chi connectivity index (χ0v) is 17.3. The van der Waals surface area contributed by atoms with Crippen LogP contribution in [0, 0.1) is 0 Å². The van der Waals surface area contributed by atoms with Crippen LogP contribution in [0.3, 0.4) is 0 Å². The van der Waals surface area contributed by atoms with E-state index in [0.29, 0.717) is 32.6 Å². The lowest BCUT2D eigenvalue weighted by atomic mass is 10.1. The number of amides is 2. The number of hydrogen-bond donors (Lipinski definition) is 2. The molecule has 1 aromatic heterocycles. The van der Waals surface area contributed by atoms with E-state index >= 15 is 0 Å². The van der Waals surface area contributed by atoms with Gasteiger partial charge in [-0.15, -0.1) is 11.3 Å². The van der Waals surface area contributed by atoms with Crippen molar-refractivity contribution in [1.82, 2.24) is 0 Å². The van der Waals surface area contributed by atoms with Crippen molar-refractivity contribution in [3.63, 3.8) is 0 Å². The summed E-state index contributed by atoms with van der Waals surface area (Å²) >= 11 is 7.61. The average molecular weight is 427 g/mol. The van der Waals surface area contributed by atoms with E-state index in [1.807, 2.05) is 0 Å². The first-order valence-corrected chi connectivity index (χ1v) is 10.4. The Kier molecular flexibility index (Phi) is 5.56. The van der Waals surface area contributed by atoms with Crippen LogP contribution in [0.4, 0.5) is 10.7 Å². The molecule has 2 aromatic carbocycles. The molecule has 3 aromatic rings. The van der Waals surface area contributed by atoms with E-state index in [4.69, 9.17) is 16.3 Å². The monoisotopic (exact) mass is 426 g/mol. The molecule has 0 saturated heterocycles. The second-order valence-corrected chi connectivity index (χ2v) is 8.19. The van der Waals surface area contributed by atoms with Crippen molar-refractivity contribution >= 4 is 45.4 Å². The molecule has 29 heavy (non-hydrogen) atoms. The van der Waals surface area contributed by atoms with Crippen LogP contribution in [0.1, 0.15) is 37.6 Å². The van der Waals surface area contributed by atoms with E-state index < -0.39 is 0 Å². The molecule has 1 heterocycles. The summed E-state index contributed by atoms with van der Waals surface area (Å²) in [5.74, 6) is 0.158. The Morgan fingerprint density at radius 1 is 1.00 bits per heavy atom. The minimum atomic E-state index is -0.325. The largest absolute Gasteiger partial charge is 0.497 e. The smallest absolute Gasteiger partial charge is 0.258 e. The molecule has 2 N–H and O–H groups in total. The van der Waals surface area contributed by atoms with Crippen LogP contribution in [0.25, 0.3) is 0 Å². The Bertz CT molecular complexity index is 1080. The predicted octanol–water partition coefficient (Wildman–Crippen LogP) is 5.40. The highest BCUT2D eigenvalue weighted by atomic mass is 35.5. The van der Waals surface area contributed by atoms with Gasteiger partial charge < -0.3 is 15.4 Å². The highest BCUT2D eigenvalue weighted by molar-refractivity contribution is 7.17. The first kappa shape index (κ1) is 19.5. The topological polar surface area (TPSA) is 67.4 Å². The Balaban J connectivity index is 1.61. The molecule has 148 valence electrons.